The highest BCUT2D eigenvalue weighted by molar-refractivity contribution is 7.26. The van der Waals surface area contributed by atoms with Crippen molar-refractivity contribution < 1.29 is 0 Å². The summed E-state index contributed by atoms with van der Waals surface area (Å²) in [5.41, 5.74) is 7.63. The van der Waals surface area contributed by atoms with E-state index >= 15 is 0 Å². The molecular weight excluding hydrogens is 531 g/mol. The van der Waals surface area contributed by atoms with Crippen LogP contribution in [0.5, 0.6) is 0 Å². The van der Waals surface area contributed by atoms with Gasteiger partial charge in [0.25, 0.3) is 0 Å². The zero-order valence-corrected chi connectivity index (χ0v) is 23.5. The van der Waals surface area contributed by atoms with E-state index in [-0.39, 0.29) is 5.84 Å². The molecule has 0 aliphatic carbocycles. The number of fused-ring (bicyclic) bond motifs is 7. The zero-order chi connectivity index (χ0) is 28.0. The van der Waals surface area contributed by atoms with Gasteiger partial charge in [0.15, 0.2) is 5.84 Å². The molecule has 2 aromatic heterocycles. The first-order valence-corrected chi connectivity index (χ1v) is 14.8. The topological polar surface area (TPSA) is 41.1 Å². The molecule has 1 N–H and O–H groups in total. The standard InChI is InChI=1S/C38H25N3S/c39-38(27-11-5-2-6-12-27)40-24-25-15-18-29(19-16-25)41-33-22-21-31-30-13-7-8-14-35(30)42-37(31)36(33)32-20-17-28(23-34(32)41)26-9-3-1-4-10-26/h1-24,39H. The van der Waals surface area contributed by atoms with Gasteiger partial charge in [-0.15, -0.1) is 11.3 Å². The number of aliphatic imine (C=N–C) groups is 1. The molecule has 8 aromatic rings. The highest BCUT2D eigenvalue weighted by Crippen LogP contribution is 2.43. The summed E-state index contributed by atoms with van der Waals surface area (Å²) in [5.74, 6) is 0.253. The first-order valence-electron chi connectivity index (χ1n) is 14.0. The Hall–Kier alpha value is -5.32. The van der Waals surface area contributed by atoms with E-state index in [4.69, 9.17) is 5.41 Å². The van der Waals surface area contributed by atoms with Crippen molar-refractivity contribution in [2.75, 3.05) is 0 Å². The molecular formula is C38H25N3S. The molecule has 2 heterocycles. The molecule has 0 bridgehead atoms. The van der Waals surface area contributed by atoms with Crippen molar-refractivity contribution in [1.29, 1.82) is 5.41 Å². The molecule has 0 saturated carbocycles. The fourth-order valence-electron chi connectivity index (χ4n) is 5.89. The van der Waals surface area contributed by atoms with Crippen molar-refractivity contribution in [2.24, 2.45) is 4.99 Å². The molecule has 0 fully saturated rings. The second kappa shape index (κ2) is 9.95. The lowest BCUT2D eigenvalue weighted by molar-refractivity contribution is 1.18. The van der Waals surface area contributed by atoms with Gasteiger partial charge in [-0.3, -0.25) is 5.41 Å². The normalized spacial score (nSPS) is 11.8. The van der Waals surface area contributed by atoms with Gasteiger partial charge in [-0.05, 0) is 47.0 Å². The molecule has 8 rings (SSSR count). The Balaban J connectivity index is 1.31. The molecule has 0 aliphatic heterocycles. The minimum absolute atomic E-state index is 0.253. The van der Waals surface area contributed by atoms with Crippen LogP contribution in [-0.4, -0.2) is 16.6 Å². The largest absolute Gasteiger partial charge is 0.309 e. The predicted molar refractivity (Wildman–Crippen MR) is 180 cm³/mol. The van der Waals surface area contributed by atoms with Crippen molar-refractivity contribution in [1.82, 2.24) is 4.57 Å². The minimum atomic E-state index is 0.253. The summed E-state index contributed by atoms with van der Waals surface area (Å²) in [6, 6.07) is 48.7. The minimum Gasteiger partial charge on any atom is -0.309 e. The second-order valence-corrected chi connectivity index (χ2v) is 11.5. The average molecular weight is 556 g/mol. The Morgan fingerprint density at radius 1 is 0.619 bits per heavy atom. The van der Waals surface area contributed by atoms with Crippen molar-refractivity contribution >= 4 is 65.4 Å². The number of thiophene rings is 1. The van der Waals surface area contributed by atoms with Crippen LogP contribution in [-0.2, 0) is 0 Å². The Morgan fingerprint density at radius 3 is 2.14 bits per heavy atom. The molecule has 0 unspecified atom stereocenters. The first kappa shape index (κ1) is 24.5. The Morgan fingerprint density at radius 2 is 1.33 bits per heavy atom. The van der Waals surface area contributed by atoms with Crippen LogP contribution < -0.4 is 0 Å². The van der Waals surface area contributed by atoms with E-state index in [1.807, 2.05) is 41.7 Å². The molecule has 0 amide bonds. The van der Waals surface area contributed by atoms with Gasteiger partial charge in [0, 0.05) is 48.4 Å². The van der Waals surface area contributed by atoms with Crippen molar-refractivity contribution in [3.63, 3.8) is 0 Å². The fourth-order valence-corrected chi connectivity index (χ4v) is 7.15. The maximum atomic E-state index is 8.31. The number of nitrogens with zero attached hydrogens (tertiary/aromatic N) is 2. The Labute approximate surface area is 247 Å². The summed E-state index contributed by atoms with van der Waals surface area (Å²) in [5, 5.41) is 13.5. The van der Waals surface area contributed by atoms with Gasteiger partial charge in [-0.1, -0.05) is 109 Å². The van der Waals surface area contributed by atoms with Crippen LogP contribution in [0.15, 0.2) is 145 Å². The molecule has 0 spiro atoms. The molecule has 42 heavy (non-hydrogen) atoms. The van der Waals surface area contributed by atoms with E-state index < -0.39 is 0 Å². The summed E-state index contributed by atoms with van der Waals surface area (Å²) in [7, 11) is 0. The third-order valence-corrected chi connectivity index (χ3v) is 9.13. The number of amidine groups is 1. The smallest absolute Gasteiger partial charge is 0.151 e. The van der Waals surface area contributed by atoms with Crippen LogP contribution in [0.3, 0.4) is 0 Å². The lowest BCUT2D eigenvalue weighted by atomic mass is 10.0. The van der Waals surface area contributed by atoms with Crippen LogP contribution in [0, 0.1) is 5.41 Å². The highest BCUT2D eigenvalue weighted by Gasteiger charge is 2.18. The zero-order valence-electron chi connectivity index (χ0n) is 22.7. The summed E-state index contributed by atoms with van der Waals surface area (Å²) in [6.07, 6.45) is 1.76. The van der Waals surface area contributed by atoms with Gasteiger partial charge in [-0.2, -0.15) is 0 Å². The van der Waals surface area contributed by atoms with E-state index in [2.05, 4.69) is 119 Å². The first-order chi connectivity index (χ1) is 20.7. The molecule has 3 nitrogen and oxygen atoms in total. The van der Waals surface area contributed by atoms with Crippen molar-refractivity contribution in [3.05, 3.63) is 151 Å². The number of hydrogen-bond acceptors (Lipinski definition) is 2. The molecule has 6 aromatic carbocycles. The van der Waals surface area contributed by atoms with E-state index in [0.717, 1.165) is 16.8 Å². The molecule has 198 valence electrons. The summed E-state index contributed by atoms with van der Waals surface area (Å²) in [4.78, 5) is 4.41. The maximum Gasteiger partial charge on any atom is 0.151 e. The van der Waals surface area contributed by atoms with Crippen molar-refractivity contribution in [3.8, 4) is 16.8 Å². The van der Waals surface area contributed by atoms with Gasteiger partial charge in [-0.25, -0.2) is 4.99 Å². The second-order valence-electron chi connectivity index (χ2n) is 10.4. The van der Waals surface area contributed by atoms with Crippen LogP contribution >= 0.6 is 11.3 Å². The monoisotopic (exact) mass is 555 g/mol. The molecule has 0 atom stereocenters. The van der Waals surface area contributed by atoms with Crippen LogP contribution in [0.1, 0.15) is 11.1 Å². The third kappa shape index (κ3) is 4.04. The van der Waals surface area contributed by atoms with Crippen molar-refractivity contribution in [2.45, 2.75) is 0 Å². The average Bonchev–Trinajstić information content (AvgIpc) is 3.60. The fraction of sp³-hybridized carbons (Fsp3) is 0. The summed E-state index contributed by atoms with van der Waals surface area (Å²) >= 11 is 1.87. The summed E-state index contributed by atoms with van der Waals surface area (Å²) in [6.45, 7) is 0. The molecule has 0 radical (unpaired) electrons. The van der Waals surface area contributed by atoms with E-state index in [1.165, 1.54) is 53.1 Å². The van der Waals surface area contributed by atoms with Crippen LogP contribution in [0.4, 0.5) is 0 Å². The SMILES string of the molecule is N=C(N=Cc1ccc(-n2c3cc(-c4ccccc4)ccc3c3c4sc5ccccc5c4ccc32)cc1)c1ccccc1. The molecule has 4 heteroatoms. The number of aromatic nitrogens is 1. The summed E-state index contributed by atoms with van der Waals surface area (Å²) < 4.78 is 5.02. The van der Waals surface area contributed by atoms with Gasteiger partial charge in [0.05, 0.1) is 11.0 Å². The lowest BCUT2D eigenvalue weighted by Crippen LogP contribution is -1.97. The van der Waals surface area contributed by atoms with Gasteiger partial charge in [0.1, 0.15) is 0 Å². The number of nitrogens with one attached hydrogen (secondary N) is 1. The van der Waals surface area contributed by atoms with Gasteiger partial charge < -0.3 is 4.57 Å². The molecule has 0 saturated heterocycles. The van der Waals surface area contributed by atoms with Crippen LogP contribution in [0.25, 0.3) is 58.8 Å². The van der Waals surface area contributed by atoms with E-state index in [1.54, 1.807) is 6.21 Å². The highest BCUT2D eigenvalue weighted by atomic mass is 32.1. The number of benzene rings is 6. The van der Waals surface area contributed by atoms with E-state index in [9.17, 15) is 0 Å². The third-order valence-electron chi connectivity index (χ3n) is 7.92. The Bertz CT molecular complexity index is 2290. The quantitative estimate of drug-likeness (QED) is 0.166. The molecule has 0 aliphatic rings. The van der Waals surface area contributed by atoms with Crippen LogP contribution in [0.2, 0.25) is 0 Å². The van der Waals surface area contributed by atoms with Gasteiger partial charge >= 0.3 is 0 Å². The maximum absolute atomic E-state index is 8.31. The Kier molecular flexibility index (Phi) is 5.80. The lowest BCUT2D eigenvalue weighted by Gasteiger charge is -2.09. The van der Waals surface area contributed by atoms with Gasteiger partial charge in [0.2, 0.25) is 0 Å². The number of rotatable bonds is 4. The predicted octanol–water partition coefficient (Wildman–Crippen LogP) is 10.3. The number of hydrogen-bond donors (Lipinski definition) is 1. The van der Waals surface area contributed by atoms with E-state index in [0.29, 0.717) is 0 Å².